The smallest absolute Gasteiger partial charge is 0.258 e. The number of fused-ring (bicyclic) bond motifs is 3. The van der Waals surface area contributed by atoms with E-state index in [1.807, 2.05) is 38.1 Å². The Labute approximate surface area is 112 Å². The van der Waals surface area contributed by atoms with Crippen LogP contribution in [0.5, 0.6) is 0 Å². The van der Waals surface area contributed by atoms with Gasteiger partial charge in [-0.15, -0.1) is 0 Å². The topological polar surface area (TPSA) is 49.8 Å². The van der Waals surface area contributed by atoms with Crippen molar-refractivity contribution < 1.29 is 14.6 Å². The normalized spacial score (nSPS) is 29.6. The summed E-state index contributed by atoms with van der Waals surface area (Å²) in [6.45, 7) is 3.89. The number of aliphatic hydroxyl groups excluding tert-OH is 1. The maximum Gasteiger partial charge on any atom is 0.258 e. The molecule has 2 aliphatic heterocycles. The third kappa shape index (κ3) is 1.50. The number of amides is 1. The van der Waals surface area contributed by atoms with E-state index < -0.39 is 12.2 Å². The molecule has 2 aliphatic rings. The number of anilines is 1. The molecule has 0 bridgehead atoms. The fourth-order valence-electron chi connectivity index (χ4n) is 3.00. The van der Waals surface area contributed by atoms with Crippen LogP contribution in [0.2, 0.25) is 0 Å². The number of allylic oxidation sites excluding steroid dienone is 1. The SMILES string of the molecule is CO[C@H]1C(=O)N2c3ccccc3C(C)=C(C)[C@@H](O)[C@@H]12. The molecule has 1 aromatic carbocycles. The lowest BCUT2D eigenvalue weighted by Crippen LogP contribution is -2.70. The maximum atomic E-state index is 12.2. The van der Waals surface area contributed by atoms with Gasteiger partial charge in [-0.25, -0.2) is 0 Å². The number of rotatable bonds is 1. The monoisotopic (exact) mass is 259 g/mol. The predicted molar refractivity (Wildman–Crippen MR) is 72.8 cm³/mol. The van der Waals surface area contributed by atoms with Gasteiger partial charge in [-0.2, -0.15) is 0 Å². The Morgan fingerprint density at radius 2 is 1.95 bits per heavy atom. The number of carbonyl (C=O) groups excluding carboxylic acids is 1. The molecule has 1 aromatic rings. The van der Waals surface area contributed by atoms with Crippen molar-refractivity contribution in [3.05, 3.63) is 35.4 Å². The highest BCUT2D eigenvalue weighted by molar-refractivity contribution is 6.07. The Morgan fingerprint density at radius 1 is 1.26 bits per heavy atom. The third-order valence-corrected chi connectivity index (χ3v) is 4.27. The lowest BCUT2D eigenvalue weighted by atomic mass is 9.89. The Morgan fingerprint density at radius 3 is 2.63 bits per heavy atom. The van der Waals surface area contributed by atoms with Gasteiger partial charge in [0.25, 0.3) is 5.91 Å². The molecule has 0 aliphatic carbocycles. The molecule has 0 unspecified atom stereocenters. The Hall–Kier alpha value is -1.65. The molecule has 4 heteroatoms. The molecule has 4 nitrogen and oxygen atoms in total. The standard InChI is InChI=1S/C15H17NO3/c1-8-9(2)13(17)12-14(19-3)15(18)16(12)11-7-5-4-6-10(8)11/h4-7,12-14,17H,1-3H3/t12-,13+,14+/m0/s1. The van der Waals surface area contributed by atoms with Crippen molar-refractivity contribution in [2.75, 3.05) is 12.0 Å². The first-order chi connectivity index (χ1) is 9.07. The molecule has 2 heterocycles. The van der Waals surface area contributed by atoms with Gasteiger partial charge in [0, 0.05) is 12.7 Å². The summed E-state index contributed by atoms with van der Waals surface area (Å²) in [6, 6.07) is 7.43. The van der Waals surface area contributed by atoms with E-state index >= 15 is 0 Å². The number of carbonyl (C=O) groups is 1. The number of benzene rings is 1. The van der Waals surface area contributed by atoms with Gasteiger partial charge < -0.3 is 14.7 Å². The molecule has 0 spiro atoms. The average Bonchev–Trinajstić information content (AvgIpc) is 2.49. The zero-order chi connectivity index (χ0) is 13.7. The van der Waals surface area contributed by atoms with Crippen LogP contribution in [0.15, 0.2) is 29.8 Å². The van der Waals surface area contributed by atoms with Crippen molar-refractivity contribution in [1.82, 2.24) is 0 Å². The van der Waals surface area contributed by atoms with Gasteiger partial charge >= 0.3 is 0 Å². The Bertz CT molecular complexity index is 579. The number of aliphatic hydroxyl groups is 1. The van der Waals surface area contributed by atoms with Crippen molar-refractivity contribution >= 4 is 17.2 Å². The molecule has 0 radical (unpaired) electrons. The van der Waals surface area contributed by atoms with Crippen LogP contribution < -0.4 is 4.90 Å². The second-order valence-corrected chi connectivity index (χ2v) is 5.13. The van der Waals surface area contributed by atoms with Gasteiger partial charge in [0.2, 0.25) is 0 Å². The largest absolute Gasteiger partial charge is 0.386 e. The fourth-order valence-corrected chi connectivity index (χ4v) is 3.00. The molecule has 0 saturated carbocycles. The highest BCUT2D eigenvalue weighted by Gasteiger charge is 2.54. The minimum atomic E-state index is -0.685. The predicted octanol–water partition coefficient (Wildman–Crippen LogP) is 1.58. The second-order valence-electron chi connectivity index (χ2n) is 5.13. The zero-order valence-corrected chi connectivity index (χ0v) is 11.3. The quantitative estimate of drug-likeness (QED) is 0.779. The van der Waals surface area contributed by atoms with Crippen molar-refractivity contribution in [3.63, 3.8) is 0 Å². The summed E-state index contributed by atoms with van der Waals surface area (Å²) in [4.78, 5) is 13.8. The van der Waals surface area contributed by atoms with E-state index in [-0.39, 0.29) is 11.9 Å². The minimum Gasteiger partial charge on any atom is -0.386 e. The molecule has 3 rings (SSSR count). The van der Waals surface area contributed by atoms with E-state index in [1.54, 1.807) is 4.90 Å². The van der Waals surface area contributed by atoms with Crippen molar-refractivity contribution in [2.24, 2.45) is 0 Å². The van der Waals surface area contributed by atoms with E-state index in [0.29, 0.717) is 0 Å². The first kappa shape index (κ1) is 12.4. The van der Waals surface area contributed by atoms with Crippen LogP contribution in [-0.4, -0.2) is 36.4 Å². The number of methoxy groups -OCH3 is 1. The number of ether oxygens (including phenoxy) is 1. The summed E-state index contributed by atoms with van der Waals surface area (Å²) in [5.41, 5.74) is 3.79. The van der Waals surface area contributed by atoms with Crippen LogP contribution >= 0.6 is 0 Å². The van der Waals surface area contributed by atoms with Crippen LogP contribution in [0.25, 0.3) is 5.57 Å². The molecular weight excluding hydrogens is 242 g/mol. The summed E-state index contributed by atoms with van der Waals surface area (Å²) >= 11 is 0. The van der Waals surface area contributed by atoms with Gasteiger partial charge in [0.05, 0.1) is 11.8 Å². The molecule has 1 N–H and O–H groups in total. The van der Waals surface area contributed by atoms with Crippen LogP contribution in [0, 0.1) is 0 Å². The van der Waals surface area contributed by atoms with E-state index in [0.717, 1.165) is 22.4 Å². The van der Waals surface area contributed by atoms with E-state index in [4.69, 9.17) is 4.74 Å². The first-order valence-corrected chi connectivity index (χ1v) is 6.38. The second kappa shape index (κ2) is 4.18. The first-order valence-electron chi connectivity index (χ1n) is 6.38. The number of hydrogen-bond acceptors (Lipinski definition) is 3. The highest BCUT2D eigenvalue weighted by Crippen LogP contribution is 2.42. The van der Waals surface area contributed by atoms with Crippen LogP contribution in [0.3, 0.4) is 0 Å². The number of para-hydroxylation sites is 1. The van der Waals surface area contributed by atoms with Crippen molar-refractivity contribution in [1.29, 1.82) is 0 Å². The van der Waals surface area contributed by atoms with Gasteiger partial charge in [-0.05, 0) is 31.1 Å². The molecule has 19 heavy (non-hydrogen) atoms. The Kier molecular flexibility index (Phi) is 2.73. The fraction of sp³-hybridized carbons (Fsp3) is 0.400. The summed E-state index contributed by atoms with van der Waals surface area (Å²) < 4.78 is 5.22. The number of nitrogens with zero attached hydrogens (tertiary/aromatic N) is 1. The van der Waals surface area contributed by atoms with Crippen LogP contribution in [0.4, 0.5) is 5.69 Å². The zero-order valence-electron chi connectivity index (χ0n) is 11.3. The molecule has 100 valence electrons. The van der Waals surface area contributed by atoms with Crippen molar-refractivity contribution in [3.8, 4) is 0 Å². The molecule has 1 fully saturated rings. The molecule has 1 saturated heterocycles. The summed E-state index contributed by atoms with van der Waals surface area (Å²) in [5, 5.41) is 10.5. The van der Waals surface area contributed by atoms with E-state index in [1.165, 1.54) is 7.11 Å². The lowest BCUT2D eigenvalue weighted by Gasteiger charge is -2.47. The van der Waals surface area contributed by atoms with E-state index in [9.17, 15) is 9.90 Å². The van der Waals surface area contributed by atoms with Gasteiger partial charge in [0.1, 0.15) is 6.04 Å². The third-order valence-electron chi connectivity index (χ3n) is 4.27. The van der Waals surface area contributed by atoms with Gasteiger partial charge in [-0.3, -0.25) is 4.79 Å². The van der Waals surface area contributed by atoms with E-state index in [2.05, 4.69) is 0 Å². The van der Waals surface area contributed by atoms with Crippen molar-refractivity contribution in [2.45, 2.75) is 32.1 Å². The molecule has 3 atom stereocenters. The lowest BCUT2D eigenvalue weighted by molar-refractivity contribution is -0.142. The molecular formula is C15H17NO3. The maximum absolute atomic E-state index is 12.2. The van der Waals surface area contributed by atoms with Gasteiger partial charge in [0.15, 0.2) is 6.10 Å². The summed E-state index contributed by atoms with van der Waals surface area (Å²) in [5.74, 6) is -0.0819. The molecule has 0 aromatic heterocycles. The summed E-state index contributed by atoms with van der Waals surface area (Å²) in [7, 11) is 1.51. The summed E-state index contributed by atoms with van der Waals surface area (Å²) in [6.07, 6.45) is -1.24. The van der Waals surface area contributed by atoms with Crippen LogP contribution in [0.1, 0.15) is 19.4 Å². The number of β-lactam (4-membered cyclic amide) rings is 1. The highest BCUT2D eigenvalue weighted by atomic mass is 16.5. The molecule has 1 amide bonds. The Balaban J connectivity index is 2.19. The minimum absolute atomic E-state index is 0.0819. The van der Waals surface area contributed by atoms with Crippen LogP contribution in [-0.2, 0) is 9.53 Å². The van der Waals surface area contributed by atoms with Gasteiger partial charge in [-0.1, -0.05) is 18.2 Å². The number of hydrogen-bond donors (Lipinski definition) is 1. The average molecular weight is 259 g/mol.